The first-order chi connectivity index (χ1) is 10.1. The summed E-state index contributed by atoms with van der Waals surface area (Å²) in [5.74, 6) is -0.257. The summed E-state index contributed by atoms with van der Waals surface area (Å²) in [4.78, 5) is 10.3. The number of hydrogen-bond acceptors (Lipinski definition) is 3. The van der Waals surface area contributed by atoms with E-state index in [4.69, 9.17) is 0 Å². The number of rotatable bonds is 6. The van der Waals surface area contributed by atoms with Crippen LogP contribution in [-0.4, -0.2) is 4.92 Å². The second-order valence-electron chi connectivity index (χ2n) is 4.82. The van der Waals surface area contributed by atoms with E-state index in [1.807, 2.05) is 13.0 Å². The average molecular weight is 288 g/mol. The maximum Gasteiger partial charge on any atom is 0.269 e. The Bertz CT molecular complexity index is 614. The van der Waals surface area contributed by atoms with Crippen molar-refractivity contribution in [1.82, 2.24) is 5.32 Å². The SMILES string of the molecule is CCC(NCc1cccc([N+](=O)[O-])c1)c1ccc(F)cc1. The number of halogens is 1. The third-order valence-corrected chi connectivity index (χ3v) is 3.35. The van der Waals surface area contributed by atoms with Crippen LogP contribution in [0.25, 0.3) is 0 Å². The van der Waals surface area contributed by atoms with E-state index in [0.29, 0.717) is 6.54 Å². The lowest BCUT2D eigenvalue weighted by Crippen LogP contribution is -2.20. The van der Waals surface area contributed by atoms with Crippen LogP contribution in [0, 0.1) is 15.9 Å². The molecule has 5 heteroatoms. The van der Waals surface area contributed by atoms with E-state index in [-0.39, 0.29) is 17.5 Å². The molecule has 110 valence electrons. The van der Waals surface area contributed by atoms with Gasteiger partial charge in [0.1, 0.15) is 5.82 Å². The van der Waals surface area contributed by atoms with Gasteiger partial charge in [0, 0.05) is 24.7 Å². The van der Waals surface area contributed by atoms with Crippen LogP contribution >= 0.6 is 0 Å². The van der Waals surface area contributed by atoms with Gasteiger partial charge in [-0.15, -0.1) is 0 Å². The van der Waals surface area contributed by atoms with Crippen molar-refractivity contribution in [2.45, 2.75) is 25.9 Å². The topological polar surface area (TPSA) is 55.2 Å². The molecule has 0 saturated heterocycles. The summed E-state index contributed by atoms with van der Waals surface area (Å²) >= 11 is 0. The molecule has 1 unspecified atom stereocenters. The Morgan fingerprint density at radius 3 is 2.57 bits per heavy atom. The monoisotopic (exact) mass is 288 g/mol. The lowest BCUT2D eigenvalue weighted by Gasteiger charge is -2.17. The van der Waals surface area contributed by atoms with E-state index in [1.54, 1.807) is 24.3 Å². The van der Waals surface area contributed by atoms with Gasteiger partial charge in [0.15, 0.2) is 0 Å². The fourth-order valence-corrected chi connectivity index (χ4v) is 2.21. The highest BCUT2D eigenvalue weighted by atomic mass is 19.1. The van der Waals surface area contributed by atoms with Crippen molar-refractivity contribution in [3.05, 3.63) is 75.6 Å². The van der Waals surface area contributed by atoms with Gasteiger partial charge >= 0.3 is 0 Å². The Kier molecular flexibility index (Phi) is 5.00. The number of hydrogen-bond donors (Lipinski definition) is 1. The fraction of sp³-hybridized carbons (Fsp3) is 0.250. The summed E-state index contributed by atoms with van der Waals surface area (Å²) in [6.07, 6.45) is 0.848. The molecule has 2 aromatic rings. The molecule has 0 heterocycles. The second kappa shape index (κ2) is 6.95. The Labute approximate surface area is 122 Å². The summed E-state index contributed by atoms with van der Waals surface area (Å²) in [5.41, 5.74) is 1.94. The van der Waals surface area contributed by atoms with E-state index in [0.717, 1.165) is 17.5 Å². The summed E-state index contributed by atoms with van der Waals surface area (Å²) in [6.45, 7) is 2.56. The molecule has 0 amide bonds. The molecule has 4 nitrogen and oxygen atoms in total. The average Bonchev–Trinajstić information content (AvgIpc) is 2.50. The standard InChI is InChI=1S/C16H17FN2O2/c1-2-16(13-6-8-14(17)9-7-13)18-11-12-4-3-5-15(10-12)19(20)21/h3-10,16,18H,2,11H2,1H3. The van der Waals surface area contributed by atoms with Gasteiger partial charge in [0.05, 0.1) is 4.92 Å². The summed E-state index contributed by atoms with van der Waals surface area (Å²) in [7, 11) is 0. The number of nitrogens with one attached hydrogen (secondary N) is 1. The van der Waals surface area contributed by atoms with Crippen LogP contribution in [0.1, 0.15) is 30.5 Å². The Hall–Kier alpha value is -2.27. The maximum absolute atomic E-state index is 12.9. The van der Waals surface area contributed by atoms with Crippen LogP contribution in [0.3, 0.4) is 0 Å². The summed E-state index contributed by atoms with van der Waals surface area (Å²) < 4.78 is 12.9. The van der Waals surface area contributed by atoms with Crippen LogP contribution in [-0.2, 0) is 6.54 Å². The molecule has 0 aliphatic rings. The summed E-state index contributed by atoms with van der Waals surface area (Å²) in [6, 6.07) is 13.0. The second-order valence-corrected chi connectivity index (χ2v) is 4.82. The molecule has 0 aliphatic heterocycles. The zero-order valence-corrected chi connectivity index (χ0v) is 11.8. The number of nitro groups is 1. The van der Waals surface area contributed by atoms with E-state index in [9.17, 15) is 14.5 Å². The first-order valence-corrected chi connectivity index (χ1v) is 6.82. The van der Waals surface area contributed by atoms with Gasteiger partial charge in [-0.2, -0.15) is 0 Å². The van der Waals surface area contributed by atoms with Crippen molar-refractivity contribution < 1.29 is 9.31 Å². The molecular formula is C16H17FN2O2. The maximum atomic E-state index is 12.9. The van der Waals surface area contributed by atoms with Gasteiger partial charge < -0.3 is 5.32 Å². The molecule has 1 atom stereocenters. The molecule has 0 spiro atoms. The molecule has 0 bridgehead atoms. The highest BCUT2D eigenvalue weighted by molar-refractivity contribution is 5.34. The molecule has 2 aromatic carbocycles. The predicted molar refractivity (Wildman–Crippen MR) is 79.4 cm³/mol. The number of nitrogens with zero attached hydrogens (tertiary/aromatic N) is 1. The first kappa shape index (κ1) is 15.1. The minimum Gasteiger partial charge on any atom is -0.306 e. The van der Waals surface area contributed by atoms with Crippen molar-refractivity contribution in [3.8, 4) is 0 Å². The number of nitro benzene ring substituents is 1. The van der Waals surface area contributed by atoms with E-state index < -0.39 is 4.92 Å². The highest BCUT2D eigenvalue weighted by Gasteiger charge is 2.10. The van der Waals surface area contributed by atoms with Crippen molar-refractivity contribution in [2.24, 2.45) is 0 Å². The first-order valence-electron chi connectivity index (χ1n) is 6.82. The van der Waals surface area contributed by atoms with Gasteiger partial charge in [-0.3, -0.25) is 10.1 Å². The largest absolute Gasteiger partial charge is 0.306 e. The normalized spacial score (nSPS) is 12.1. The molecule has 0 aromatic heterocycles. The molecule has 0 radical (unpaired) electrons. The quantitative estimate of drug-likeness (QED) is 0.646. The van der Waals surface area contributed by atoms with Gasteiger partial charge in [-0.05, 0) is 29.7 Å². The van der Waals surface area contributed by atoms with E-state index >= 15 is 0 Å². The minimum absolute atomic E-state index is 0.0872. The van der Waals surface area contributed by atoms with Crippen LogP contribution < -0.4 is 5.32 Å². The molecule has 2 rings (SSSR count). The third kappa shape index (κ3) is 4.10. The molecular weight excluding hydrogens is 271 g/mol. The van der Waals surface area contributed by atoms with Gasteiger partial charge in [-0.1, -0.05) is 31.2 Å². The summed E-state index contributed by atoms with van der Waals surface area (Å²) in [5, 5.41) is 14.1. The fourth-order valence-electron chi connectivity index (χ4n) is 2.21. The van der Waals surface area contributed by atoms with Gasteiger partial charge in [0.25, 0.3) is 5.69 Å². The van der Waals surface area contributed by atoms with Crippen molar-refractivity contribution >= 4 is 5.69 Å². The van der Waals surface area contributed by atoms with Crippen molar-refractivity contribution in [1.29, 1.82) is 0 Å². The third-order valence-electron chi connectivity index (χ3n) is 3.35. The van der Waals surface area contributed by atoms with Crippen molar-refractivity contribution in [2.75, 3.05) is 0 Å². The Morgan fingerprint density at radius 2 is 1.95 bits per heavy atom. The van der Waals surface area contributed by atoms with Crippen LogP contribution in [0.5, 0.6) is 0 Å². The smallest absolute Gasteiger partial charge is 0.269 e. The van der Waals surface area contributed by atoms with Crippen molar-refractivity contribution in [3.63, 3.8) is 0 Å². The lowest BCUT2D eigenvalue weighted by atomic mass is 10.0. The molecule has 1 N–H and O–H groups in total. The van der Waals surface area contributed by atoms with E-state index in [1.165, 1.54) is 18.2 Å². The molecule has 0 saturated carbocycles. The van der Waals surface area contributed by atoms with Crippen LogP contribution in [0.2, 0.25) is 0 Å². The molecule has 21 heavy (non-hydrogen) atoms. The van der Waals surface area contributed by atoms with Crippen LogP contribution in [0.15, 0.2) is 48.5 Å². The number of benzene rings is 2. The minimum atomic E-state index is -0.402. The predicted octanol–water partition coefficient (Wildman–Crippen LogP) is 3.97. The van der Waals surface area contributed by atoms with Crippen LogP contribution in [0.4, 0.5) is 10.1 Å². The Morgan fingerprint density at radius 1 is 1.24 bits per heavy atom. The number of non-ortho nitro benzene ring substituents is 1. The van der Waals surface area contributed by atoms with Gasteiger partial charge in [-0.25, -0.2) is 4.39 Å². The lowest BCUT2D eigenvalue weighted by molar-refractivity contribution is -0.384. The van der Waals surface area contributed by atoms with E-state index in [2.05, 4.69) is 5.32 Å². The Balaban J connectivity index is 2.04. The zero-order chi connectivity index (χ0) is 15.2. The molecule has 0 aliphatic carbocycles. The molecule has 0 fully saturated rings. The highest BCUT2D eigenvalue weighted by Crippen LogP contribution is 2.19. The van der Waals surface area contributed by atoms with Gasteiger partial charge in [0.2, 0.25) is 0 Å². The zero-order valence-electron chi connectivity index (χ0n) is 11.8.